The third-order valence-corrected chi connectivity index (χ3v) is 4.60. The highest BCUT2D eigenvalue weighted by atomic mass is 35.5. The van der Waals surface area contributed by atoms with Crippen molar-refractivity contribution in [2.24, 2.45) is 5.92 Å². The van der Waals surface area contributed by atoms with Crippen LogP contribution in [0, 0.1) is 5.92 Å². The summed E-state index contributed by atoms with van der Waals surface area (Å²) in [6.45, 7) is 4.47. The van der Waals surface area contributed by atoms with Crippen LogP contribution >= 0.6 is 11.6 Å². The molecule has 0 amide bonds. The van der Waals surface area contributed by atoms with E-state index in [9.17, 15) is 0 Å². The fourth-order valence-corrected chi connectivity index (χ4v) is 3.23. The van der Waals surface area contributed by atoms with E-state index in [1.165, 1.54) is 18.4 Å². The van der Waals surface area contributed by atoms with E-state index in [1.807, 2.05) is 7.05 Å². The predicted molar refractivity (Wildman–Crippen MR) is 85.6 cm³/mol. The van der Waals surface area contributed by atoms with Gasteiger partial charge in [0.25, 0.3) is 0 Å². The Bertz CT molecular complexity index is 436. The van der Waals surface area contributed by atoms with Crippen molar-refractivity contribution in [3.63, 3.8) is 0 Å². The van der Waals surface area contributed by atoms with Crippen molar-refractivity contribution < 1.29 is 5.11 Å². The molecule has 2 unspecified atom stereocenters. The van der Waals surface area contributed by atoms with Crippen molar-refractivity contribution in [1.82, 2.24) is 5.32 Å². The molecule has 3 nitrogen and oxygen atoms in total. The summed E-state index contributed by atoms with van der Waals surface area (Å²) in [4.78, 5) is 2.36. The average Bonchev–Trinajstić information content (AvgIpc) is 2.47. The Morgan fingerprint density at radius 2 is 2.30 bits per heavy atom. The summed E-state index contributed by atoms with van der Waals surface area (Å²) in [5, 5.41) is 13.2. The van der Waals surface area contributed by atoms with Crippen LogP contribution in [-0.4, -0.2) is 31.9 Å². The number of benzene rings is 1. The van der Waals surface area contributed by atoms with Crippen molar-refractivity contribution >= 4 is 17.3 Å². The standard InChI is InChI=1S/C16H25ClN2O/c1-12(18-2)14-5-6-16(15(17)10-14)19-8-3-4-13(11-19)7-9-20/h5-6,10,12-13,18,20H,3-4,7-9,11H2,1-2H3. The Balaban J connectivity index is 2.12. The van der Waals surface area contributed by atoms with Crippen LogP contribution in [0.4, 0.5) is 5.69 Å². The van der Waals surface area contributed by atoms with Crippen LogP contribution in [-0.2, 0) is 0 Å². The topological polar surface area (TPSA) is 35.5 Å². The molecule has 1 saturated heterocycles. The van der Waals surface area contributed by atoms with E-state index in [1.54, 1.807) is 0 Å². The lowest BCUT2D eigenvalue weighted by Crippen LogP contribution is -2.36. The molecule has 4 heteroatoms. The maximum atomic E-state index is 9.10. The van der Waals surface area contributed by atoms with E-state index in [4.69, 9.17) is 16.7 Å². The Morgan fingerprint density at radius 3 is 2.95 bits per heavy atom. The van der Waals surface area contributed by atoms with Gasteiger partial charge in [0.1, 0.15) is 0 Å². The lowest BCUT2D eigenvalue weighted by Gasteiger charge is -2.35. The summed E-state index contributed by atoms with van der Waals surface area (Å²) < 4.78 is 0. The maximum absolute atomic E-state index is 9.10. The van der Waals surface area contributed by atoms with Gasteiger partial charge in [0, 0.05) is 25.7 Å². The van der Waals surface area contributed by atoms with E-state index in [0.717, 1.165) is 30.2 Å². The quantitative estimate of drug-likeness (QED) is 0.876. The van der Waals surface area contributed by atoms with Gasteiger partial charge in [0.05, 0.1) is 10.7 Å². The van der Waals surface area contributed by atoms with Gasteiger partial charge in [-0.3, -0.25) is 0 Å². The van der Waals surface area contributed by atoms with Gasteiger partial charge in [-0.15, -0.1) is 0 Å². The number of aliphatic hydroxyl groups is 1. The summed E-state index contributed by atoms with van der Waals surface area (Å²) in [6.07, 6.45) is 3.28. The molecule has 0 saturated carbocycles. The SMILES string of the molecule is CNC(C)c1ccc(N2CCCC(CCO)C2)c(Cl)c1. The van der Waals surface area contributed by atoms with Gasteiger partial charge < -0.3 is 15.3 Å². The van der Waals surface area contributed by atoms with Crippen LogP contribution < -0.4 is 10.2 Å². The summed E-state index contributed by atoms with van der Waals surface area (Å²) in [5.41, 5.74) is 2.34. The summed E-state index contributed by atoms with van der Waals surface area (Å²) in [6, 6.07) is 6.66. The van der Waals surface area contributed by atoms with Crippen molar-refractivity contribution in [2.75, 3.05) is 31.6 Å². The fraction of sp³-hybridized carbons (Fsp3) is 0.625. The van der Waals surface area contributed by atoms with Gasteiger partial charge >= 0.3 is 0 Å². The molecule has 0 bridgehead atoms. The second kappa shape index (κ2) is 7.30. The van der Waals surface area contributed by atoms with Crippen molar-refractivity contribution in [3.05, 3.63) is 28.8 Å². The zero-order valence-electron chi connectivity index (χ0n) is 12.4. The highest BCUT2D eigenvalue weighted by Gasteiger charge is 2.21. The van der Waals surface area contributed by atoms with Crippen molar-refractivity contribution in [1.29, 1.82) is 0 Å². The number of nitrogens with one attached hydrogen (secondary N) is 1. The number of aliphatic hydroxyl groups excluding tert-OH is 1. The molecule has 1 heterocycles. The summed E-state index contributed by atoms with van der Waals surface area (Å²) >= 11 is 6.47. The number of piperidine rings is 1. The lowest BCUT2D eigenvalue weighted by atomic mass is 9.94. The normalized spacial score (nSPS) is 21.0. The van der Waals surface area contributed by atoms with Gasteiger partial charge in [-0.05, 0) is 56.8 Å². The summed E-state index contributed by atoms with van der Waals surface area (Å²) in [7, 11) is 1.95. The van der Waals surface area contributed by atoms with Crippen LogP contribution in [0.3, 0.4) is 0 Å². The molecular weight excluding hydrogens is 272 g/mol. The van der Waals surface area contributed by atoms with Gasteiger partial charge in [-0.2, -0.15) is 0 Å². The number of nitrogens with zero attached hydrogens (tertiary/aromatic N) is 1. The molecule has 1 aromatic rings. The molecule has 20 heavy (non-hydrogen) atoms. The van der Waals surface area contributed by atoms with Crippen LogP contribution in [0.5, 0.6) is 0 Å². The Kier molecular flexibility index (Phi) is 5.70. The maximum Gasteiger partial charge on any atom is 0.0642 e. The highest BCUT2D eigenvalue weighted by Crippen LogP contribution is 2.32. The molecule has 0 spiro atoms. The second-order valence-corrected chi connectivity index (χ2v) is 6.09. The van der Waals surface area contributed by atoms with Gasteiger partial charge in [-0.1, -0.05) is 17.7 Å². The predicted octanol–water partition coefficient (Wildman–Crippen LogP) is 3.22. The molecule has 2 atom stereocenters. The molecule has 1 aromatic carbocycles. The minimum Gasteiger partial charge on any atom is -0.396 e. The van der Waals surface area contributed by atoms with Gasteiger partial charge in [0.2, 0.25) is 0 Å². The molecule has 1 fully saturated rings. The zero-order valence-corrected chi connectivity index (χ0v) is 13.2. The largest absolute Gasteiger partial charge is 0.396 e. The first-order valence-electron chi connectivity index (χ1n) is 7.48. The van der Waals surface area contributed by atoms with E-state index in [2.05, 4.69) is 35.3 Å². The van der Waals surface area contributed by atoms with E-state index in [-0.39, 0.29) is 6.61 Å². The smallest absolute Gasteiger partial charge is 0.0642 e. The van der Waals surface area contributed by atoms with Crippen molar-refractivity contribution in [3.8, 4) is 0 Å². The molecule has 0 aliphatic carbocycles. The first-order chi connectivity index (χ1) is 9.65. The van der Waals surface area contributed by atoms with Crippen LogP contribution in [0.25, 0.3) is 0 Å². The number of hydrogen-bond acceptors (Lipinski definition) is 3. The van der Waals surface area contributed by atoms with Crippen LogP contribution in [0.15, 0.2) is 18.2 Å². The third-order valence-electron chi connectivity index (χ3n) is 4.30. The zero-order chi connectivity index (χ0) is 14.5. The molecular formula is C16H25ClN2O. The van der Waals surface area contributed by atoms with Crippen LogP contribution in [0.2, 0.25) is 5.02 Å². The third kappa shape index (κ3) is 3.66. The Labute approximate surface area is 126 Å². The molecule has 1 aliphatic heterocycles. The van der Waals surface area contributed by atoms with Gasteiger partial charge in [-0.25, -0.2) is 0 Å². The summed E-state index contributed by atoms with van der Waals surface area (Å²) in [5.74, 6) is 0.584. The lowest BCUT2D eigenvalue weighted by molar-refractivity contribution is 0.244. The number of hydrogen-bond donors (Lipinski definition) is 2. The molecule has 2 N–H and O–H groups in total. The molecule has 1 aliphatic rings. The first kappa shape index (κ1) is 15.6. The molecule has 2 rings (SSSR count). The van der Waals surface area contributed by atoms with E-state index < -0.39 is 0 Å². The first-order valence-corrected chi connectivity index (χ1v) is 7.86. The van der Waals surface area contributed by atoms with E-state index in [0.29, 0.717) is 12.0 Å². The number of anilines is 1. The Hall–Kier alpha value is -0.770. The minimum absolute atomic E-state index is 0.283. The number of halogens is 1. The average molecular weight is 297 g/mol. The Morgan fingerprint density at radius 1 is 1.50 bits per heavy atom. The molecule has 0 aromatic heterocycles. The monoisotopic (exact) mass is 296 g/mol. The highest BCUT2D eigenvalue weighted by molar-refractivity contribution is 6.33. The minimum atomic E-state index is 0.283. The van der Waals surface area contributed by atoms with Crippen molar-refractivity contribution in [2.45, 2.75) is 32.2 Å². The number of rotatable bonds is 5. The van der Waals surface area contributed by atoms with E-state index >= 15 is 0 Å². The van der Waals surface area contributed by atoms with Gasteiger partial charge in [0.15, 0.2) is 0 Å². The molecule has 0 radical (unpaired) electrons. The van der Waals surface area contributed by atoms with Crippen LogP contribution in [0.1, 0.15) is 37.8 Å². The second-order valence-electron chi connectivity index (χ2n) is 5.69. The fourth-order valence-electron chi connectivity index (χ4n) is 2.92. The molecule has 112 valence electrons.